The van der Waals surface area contributed by atoms with Gasteiger partial charge in [-0.25, -0.2) is 5.43 Å². The fourth-order valence-corrected chi connectivity index (χ4v) is 2.63. The number of aromatic hydroxyl groups is 1. The first-order valence-electron chi connectivity index (χ1n) is 8.11. The minimum Gasteiger partial charge on any atom is -0.504 e. The normalized spacial score (nSPS) is 10.8. The van der Waals surface area contributed by atoms with Gasteiger partial charge in [-0.05, 0) is 48.0 Å². The Kier molecular flexibility index (Phi) is 5.81. The molecule has 8 nitrogen and oxygen atoms in total. The van der Waals surface area contributed by atoms with E-state index in [1.165, 1.54) is 26.5 Å². The Bertz CT molecular complexity index is 1030. The van der Waals surface area contributed by atoms with Crippen LogP contribution in [0.1, 0.15) is 16.1 Å². The smallest absolute Gasteiger partial charge is 0.289 e. The molecule has 0 bridgehead atoms. The molecular formula is C19H17ClN4O4. The number of phenolic OH excluding ortho intramolecular Hbond substituents is 1. The van der Waals surface area contributed by atoms with Gasteiger partial charge in [-0.1, -0.05) is 11.6 Å². The second-order valence-corrected chi connectivity index (χ2v) is 6.08. The lowest BCUT2D eigenvalue weighted by atomic mass is 10.1. The molecule has 0 saturated carbocycles. The van der Waals surface area contributed by atoms with Gasteiger partial charge in [0.15, 0.2) is 11.5 Å². The molecule has 0 unspecified atom stereocenters. The Morgan fingerprint density at radius 1 is 1.18 bits per heavy atom. The molecule has 0 saturated heterocycles. The highest BCUT2D eigenvalue weighted by atomic mass is 35.5. The highest BCUT2D eigenvalue weighted by Crippen LogP contribution is 2.31. The van der Waals surface area contributed by atoms with Crippen LogP contribution < -0.4 is 14.9 Å². The van der Waals surface area contributed by atoms with E-state index in [4.69, 9.17) is 21.1 Å². The summed E-state index contributed by atoms with van der Waals surface area (Å²) in [5, 5.41) is 21.0. The molecule has 0 aliphatic rings. The van der Waals surface area contributed by atoms with Crippen LogP contribution in [0.2, 0.25) is 5.02 Å². The fourth-order valence-electron chi connectivity index (χ4n) is 2.47. The van der Waals surface area contributed by atoms with Crippen molar-refractivity contribution in [1.82, 2.24) is 15.6 Å². The standard InChI is InChI=1S/C19H17ClN4O4/c1-27-17-6-3-11(7-16(17)25)10-21-24-19(26)15-9-14(22-23-15)13-5-4-12(20)8-18(13)28-2/h3-10,25H,1-2H3,(H,22,23)(H,24,26)/b21-10+. The number of nitrogens with zero attached hydrogens (tertiary/aromatic N) is 2. The number of ether oxygens (including phenoxy) is 2. The van der Waals surface area contributed by atoms with Gasteiger partial charge in [0, 0.05) is 10.6 Å². The van der Waals surface area contributed by atoms with Crippen molar-refractivity contribution in [3.05, 3.63) is 58.7 Å². The number of aromatic nitrogens is 2. The number of aromatic amines is 1. The molecule has 0 atom stereocenters. The Hall–Kier alpha value is -3.52. The molecule has 144 valence electrons. The molecule has 0 fully saturated rings. The summed E-state index contributed by atoms with van der Waals surface area (Å²) in [6.07, 6.45) is 1.40. The minimum atomic E-state index is -0.472. The lowest BCUT2D eigenvalue weighted by molar-refractivity contribution is 0.0950. The van der Waals surface area contributed by atoms with E-state index in [1.54, 1.807) is 36.4 Å². The number of carbonyl (C=O) groups is 1. The summed E-state index contributed by atoms with van der Waals surface area (Å²) in [6, 6.07) is 11.5. The summed E-state index contributed by atoms with van der Waals surface area (Å²) in [6.45, 7) is 0. The summed E-state index contributed by atoms with van der Waals surface area (Å²) < 4.78 is 10.3. The van der Waals surface area contributed by atoms with Crippen molar-refractivity contribution in [2.75, 3.05) is 14.2 Å². The molecule has 2 aromatic carbocycles. The molecule has 0 aliphatic heterocycles. The van der Waals surface area contributed by atoms with E-state index in [1.807, 2.05) is 0 Å². The van der Waals surface area contributed by atoms with Crippen molar-refractivity contribution in [3.8, 4) is 28.5 Å². The lowest BCUT2D eigenvalue weighted by Gasteiger charge is -2.05. The van der Waals surface area contributed by atoms with Crippen LogP contribution in [0.3, 0.4) is 0 Å². The quantitative estimate of drug-likeness (QED) is 0.435. The van der Waals surface area contributed by atoms with Crippen LogP contribution in [0.4, 0.5) is 0 Å². The molecule has 1 amide bonds. The molecule has 1 heterocycles. The Labute approximate surface area is 165 Å². The number of amides is 1. The number of carbonyl (C=O) groups excluding carboxylic acids is 1. The maximum absolute atomic E-state index is 12.2. The van der Waals surface area contributed by atoms with Gasteiger partial charge in [-0.15, -0.1) is 0 Å². The Balaban J connectivity index is 1.70. The summed E-state index contributed by atoms with van der Waals surface area (Å²) in [5.74, 6) is 0.403. The highest BCUT2D eigenvalue weighted by molar-refractivity contribution is 6.30. The predicted molar refractivity (Wildman–Crippen MR) is 105 cm³/mol. The number of H-pyrrole nitrogens is 1. The number of rotatable bonds is 6. The zero-order chi connectivity index (χ0) is 20.1. The van der Waals surface area contributed by atoms with E-state index in [2.05, 4.69) is 20.7 Å². The molecule has 9 heteroatoms. The number of halogens is 1. The van der Waals surface area contributed by atoms with E-state index in [0.717, 1.165) is 0 Å². The van der Waals surface area contributed by atoms with Crippen LogP contribution in [0.5, 0.6) is 17.2 Å². The third kappa shape index (κ3) is 4.24. The van der Waals surface area contributed by atoms with Crippen molar-refractivity contribution in [1.29, 1.82) is 0 Å². The predicted octanol–water partition coefficient (Wildman–Crippen LogP) is 3.22. The van der Waals surface area contributed by atoms with Gasteiger partial charge >= 0.3 is 0 Å². The van der Waals surface area contributed by atoms with E-state index < -0.39 is 5.91 Å². The van der Waals surface area contributed by atoms with E-state index in [9.17, 15) is 9.90 Å². The SMILES string of the molecule is COc1ccc(/C=N/NC(=O)c2cc(-c3ccc(Cl)cc3OC)n[nH]2)cc1O. The number of methoxy groups -OCH3 is 2. The van der Waals surface area contributed by atoms with E-state index in [0.29, 0.717) is 33.3 Å². The third-order valence-electron chi connectivity index (χ3n) is 3.84. The molecule has 0 aliphatic carbocycles. The largest absolute Gasteiger partial charge is 0.504 e. The number of hydrogen-bond acceptors (Lipinski definition) is 6. The first-order chi connectivity index (χ1) is 13.5. The number of phenols is 1. The van der Waals surface area contributed by atoms with Crippen molar-refractivity contribution in [3.63, 3.8) is 0 Å². The Morgan fingerprint density at radius 2 is 1.96 bits per heavy atom. The lowest BCUT2D eigenvalue weighted by Crippen LogP contribution is -2.18. The molecule has 0 spiro atoms. The van der Waals surface area contributed by atoms with Gasteiger partial charge in [0.05, 0.1) is 26.1 Å². The monoisotopic (exact) mass is 400 g/mol. The molecular weight excluding hydrogens is 384 g/mol. The molecule has 0 radical (unpaired) electrons. The summed E-state index contributed by atoms with van der Waals surface area (Å²) in [4.78, 5) is 12.2. The van der Waals surface area contributed by atoms with Crippen LogP contribution in [0.25, 0.3) is 11.3 Å². The number of benzene rings is 2. The van der Waals surface area contributed by atoms with Crippen LogP contribution in [0.15, 0.2) is 47.6 Å². The van der Waals surface area contributed by atoms with E-state index >= 15 is 0 Å². The van der Waals surface area contributed by atoms with Crippen molar-refractivity contribution in [2.24, 2.45) is 5.10 Å². The second kappa shape index (κ2) is 8.45. The van der Waals surface area contributed by atoms with Gasteiger partial charge in [0.25, 0.3) is 5.91 Å². The molecule has 3 N–H and O–H groups in total. The van der Waals surface area contributed by atoms with Gasteiger partial charge in [0.1, 0.15) is 11.4 Å². The zero-order valence-corrected chi connectivity index (χ0v) is 15.8. The maximum atomic E-state index is 12.2. The van der Waals surface area contributed by atoms with E-state index in [-0.39, 0.29) is 11.4 Å². The third-order valence-corrected chi connectivity index (χ3v) is 4.08. The van der Waals surface area contributed by atoms with Gasteiger partial charge < -0.3 is 14.6 Å². The highest BCUT2D eigenvalue weighted by Gasteiger charge is 2.14. The maximum Gasteiger partial charge on any atom is 0.289 e. The zero-order valence-electron chi connectivity index (χ0n) is 15.1. The van der Waals surface area contributed by atoms with Gasteiger partial charge in [-0.2, -0.15) is 10.2 Å². The first kappa shape index (κ1) is 19.2. The fraction of sp³-hybridized carbons (Fsp3) is 0.105. The Morgan fingerprint density at radius 3 is 2.68 bits per heavy atom. The summed E-state index contributed by atoms with van der Waals surface area (Å²) >= 11 is 5.96. The average Bonchev–Trinajstić information content (AvgIpc) is 3.18. The molecule has 3 aromatic rings. The van der Waals surface area contributed by atoms with Crippen molar-refractivity contribution in [2.45, 2.75) is 0 Å². The topological polar surface area (TPSA) is 109 Å². The van der Waals surface area contributed by atoms with Gasteiger partial charge in [0.2, 0.25) is 0 Å². The first-order valence-corrected chi connectivity index (χ1v) is 8.49. The summed E-state index contributed by atoms with van der Waals surface area (Å²) in [5.41, 5.74) is 4.43. The average molecular weight is 401 g/mol. The van der Waals surface area contributed by atoms with Crippen LogP contribution in [-0.4, -0.2) is 41.6 Å². The molecule has 1 aromatic heterocycles. The molecule has 28 heavy (non-hydrogen) atoms. The minimum absolute atomic E-state index is 0.0205. The summed E-state index contributed by atoms with van der Waals surface area (Å²) in [7, 11) is 2.99. The number of hydrogen-bond donors (Lipinski definition) is 3. The number of nitrogens with one attached hydrogen (secondary N) is 2. The van der Waals surface area contributed by atoms with Crippen molar-refractivity contribution >= 4 is 23.7 Å². The molecule has 3 rings (SSSR count). The van der Waals surface area contributed by atoms with Crippen LogP contribution in [0, 0.1) is 0 Å². The second-order valence-electron chi connectivity index (χ2n) is 5.64. The van der Waals surface area contributed by atoms with Crippen LogP contribution in [-0.2, 0) is 0 Å². The number of hydrazone groups is 1. The van der Waals surface area contributed by atoms with Gasteiger partial charge in [-0.3, -0.25) is 9.89 Å². The van der Waals surface area contributed by atoms with Crippen LogP contribution >= 0.6 is 11.6 Å². The van der Waals surface area contributed by atoms with Crippen molar-refractivity contribution < 1.29 is 19.4 Å².